The fourth-order valence-electron chi connectivity index (χ4n) is 4.52. The number of nitrogens with zero attached hydrogens (tertiary/aromatic N) is 8. The van der Waals surface area contributed by atoms with E-state index in [0.717, 1.165) is 45.0 Å². The zero-order chi connectivity index (χ0) is 47.6. The third-order valence-corrected chi connectivity index (χ3v) is 7.36. The predicted octanol–water partition coefficient (Wildman–Crippen LogP) is -4.26. The van der Waals surface area contributed by atoms with Crippen LogP contribution in [0.4, 0.5) is 0 Å². The molecule has 16 N–H and O–H groups in total. The van der Waals surface area contributed by atoms with Gasteiger partial charge in [-0.2, -0.15) is 0 Å². The molecule has 25 heteroatoms. The second-order valence-electron chi connectivity index (χ2n) is 12.2. The standard InChI is InChI=1S/4C12H10N2.2ClHO4.Mn.6H2O/c4*1-2-8-14-12(3-1)5-4-11-6-9-13-10-7-11;2*2-1(3,4)5;;;;;;;/h4*1-10H;2*(H,2,3,4,5);;6*1H2/q;;;;;;+2;;;;;;/p+2/b4*5-4+;;;;;;;;;. The molecule has 0 aliphatic heterocycles. The van der Waals surface area contributed by atoms with Crippen molar-refractivity contribution in [2.24, 2.45) is 0 Å². The largest absolute Gasteiger partial charge is 2.00 e. The van der Waals surface area contributed by atoms with Gasteiger partial charge >= 0.3 is 17.1 Å². The van der Waals surface area contributed by atoms with Gasteiger partial charge in [0.25, 0.3) is 0 Å². The molecule has 0 bridgehead atoms. The van der Waals surface area contributed by atoms with Crippen LogP contribution < -0.4 is 37.3 Å². The van der Waals surface area contributed by atoms with Crippen molar-refractivity contribution in [1.29, 1.82) is 0 Å². The Morgan fingerprint density at radius 2 is 0.425 bits per heavy atom. The Hall–Kier alpha value is -7.30. The molecule has 8 aromatic rings. The van der Waals surface area contributed by atoms with Crippen LogP contribution in [0.15, 0.2) is 196 Å². The Balaban J connectivity index is -0.000000257. The van der Waals surface area contributed by atoms with Gasteiger partial charge in [-0.1, -0.05) is 48.6 Å². The fraction of sp³-hybridized carbons (Fsp3) is 0. The van der Waals surface area contributed by atoms with E-state index in [1.54, 1.807) is 74.4 Å². The van der Waals surface area contributed by atoms with Crippen molar-refractivity contribution in [3.05, 3.63) is 241 Å². The van der Waals surface area contributed by atoms with Crippen LogP contribution in [-0.4, -0.2) is 50.8 Å². The van der Waals surface area contributed by atoms with Gasteiger partial charge < -0.3 is 32.9 Å². The molecule has 0 saturated heterocycles. The summed E-state index contributed by atoms with van der Waals surface area (Å²) < 4.78 is 67.9. The molecule has 0 aromatic carbocycles. The summed E-state index contributed by atoms with van der Waals surface area (Å²) in [5, 5.41) is 0. The first kappa shape index (κ1) is 74.6. The van der Waals surface area contributed by atoms with Gasteiger partial charge in [-0.3, -0.25) is 39.9 Å². The summed E-state index contributed by atoms with van der Waals surface area (Å²) in [5.74, 6) is 0. The molecular formula is C48H56Cl2MnN8O14+4. The van der Waals surface area contributed by atoms with Gasteiger partial charge in [0.1, 0.15) is 0 Å². The molecule has 0 atom stereocenters. The third kappa shape index (κ3) is 43.2. The van der Waals surface area contributed by atoms with E-state index >= 15 is 0 Å². The molecule has 73 heavy (non-hydrogen) atoms. The molecule has 0 aliphatic carbocycles. The zero-order valence-electron chi connectivity index (χ0n) is 38.4. The van der Waals surface area contributed by atoms with Crippen LogP contribution in [-0.2, 0) is 39.0 Å². The summed E-state index contributed by atoms with van der Waals surface area (Å²) in [7, 11) is -9.89. The van der Waals surface area contributed by atoms with Crippen molar-refractivity contribution < 1.29 is 108 Å². The van der Waals surface area contributed by atoms with Crippen LogP contribution in [0.25, 0.3) is 48.6 Å². The molecule has 389 valence electrons. The van der Waals surface area contributed by atoms with Gasteiger partial charge in [-0.15, -0.1) is 20.5 Å². The quantitative estimate of drug-likeness (QED) is 0.103. The van der Waals surface area contributed by atoms with Crippen molar-refractivity contribution in [3.63, 3.8) is 0 Å². The number of halogens is 2. The molecule has 8 rings (SSSR count). The average molecular weight is 1090 g/mol. The van der Waals surface area contributed by atoms with Crippen molar-refractivity contribution in [3.8, 4) is 0 Å². The first-order chi connectivity index (χ1) is 31.8. The van der Waals surface area contributed by atoms with E-state index < -0.39 is 20.5 Å². The van der Waals surface area contributed by atoms with Gasteiger partial charge in [-0.05, 0) is 144 Å². The number of aromatic nitrogens is 8. The number of hydrogen-bond acceptors (Lipinski definition) is 16. The normalized spacial score (nSPS) is 9.75. The van der Waals surface area contributed by atoms with Crippen molar-refractivity contribution in [2.45, 2.75) is 0 Å². The molecule has 0 saturated carbocycles. The maximum atomic E-state index is 8.49. The van der Waals surface area contributed by atoms with E-state index in [1.807, 2.05) is 170 Å². The maximum absolute atomic E-state index is 8.49. The molecule has 0 amide bonds. The van der Waals surface area contributed by atoms with Crippen molar-refractivity contribution in [2.75, 3.05) is 0 Å². The average Bonchev–Trinajstić information content (AvgIpc) is 3.34. The van der Waals surface area contributed by atoms with Crippen LogP contribution in [0.3, 0.4) is 0 Å². The van der Waals surface area contributed by atoms with E-state index in [4.69, 9.17) is 37.3 Å². The predicted molar refractivity (Wildman–Crippen MR) is 256 cm³/mol. The second-order valence-corrected chi connectivity index (χ2v) is 13.7. The molecule has 0 spiro atoms. The maximum Gasteiger partial charge on any atom is 2.00 e. The topological polar surface area (TPSA) is 483 Å². The SMILES string of the molecule is C(=C\c1ccccn1)/c1ccncc1.C(=C\c1ccccn1)/c1ccncc1.C(=C\c1ccccn1)/c1ccncc1.C(=C\c1ccccn1)/c1ccncc1.O.O.[Mn+2].[O-][Cl+3]([O-])([O-])[O-].[O-][Cl+3]([O-])([O-])[O-].[OH3+].[OH3+].[OH3+].[OH3+]. The Kier molecular flexibility index (Phi) is 45.6. The van der Waals surface area contributed by atoms with Crippen molar-refractivity contribution in [1.82, 2.24) is 39.9 Å². The minimum absolute atomic E-state index is 0. The van der Waals surface area contributed by atoms with Gasteiger partial charge in [-0.25, -0.2) is 37.3 Å². The molecule has 8 heterocycles. The van der Waals surface area contributed by atoms with Crippen molar-refractivity contribution >= 4 is 48.6 Å². The van der Waals surface area contributed by atoms with E-state index in [-0.39, 0.29) is 49.9 Å². The third-order valence-electron chi connectivity index (χ3n) is 7.36. The Morgan fingerprint density at radius 1 is 0.260 bits per heavy atom. The smallest absolute Gasteiger partial charge is 0.457 e. The summed E-state index contributed by atoms with van der Waals surface area (Å²) in [6, 6.07) is 39.1. The fourth-order valence-corrected chi connectivity index (χ4v) is 4.52. The Labute approximate surface area is 435 Å². The number of hydrogen-bond donors (Lipinski definition) is 0. The molecule has 22 nitrogen and oxygen atoms in total. The molecular weight excluding hydrogens is 1040 g/mol. The molecule has 0 aliphatic rings. The summed E-state index contributed by atoms with van der Waals surface area (Å²) in [4.78, 5) is 32.6. The molecule has 8 aromatic heterocycles. The Morgan fingerprint density at radius 3 is 0.562 bits per heavy atom. The van der Waals surface area contributed by atoms with E-state index in [0.29, 0.717) is 0 Å². The van der Waals surface area contributed by atoms with Crippen LogP contribution in [0.2, 0.25) is 0 Å². The minimum Gasteiger partial charge on any atom is -0.457 e. The summed E-state index contributed by atoms with van der Waals surface area (Å²) in [5.41, 5.74) is 8.37. The first-order valence-corrected chi connectivity index (χ1v) is 21.5. The monoisotopic (exact) mass is 1090 g/mol. The van der Waals surface area contributed by atoms with Gasteiger partial charge in [0, 0.05) is 74.4 Å². The van der Waals surface area contributed by atoms with Crippen LogP contribution >= 0.6 is 0 Å². The number of rotatable bonds is 8. The summed E-state index contributed by atoms with van der Waals surface area (Å²) >= 11 is 0. The van der Waals surface area contributed by atoms with Gasteiger partial charge in [0.2, 0.25) is 0 Å². The van der Waals surface area contributed by atoms with E-state index in [2.05, 4.69) is 39.9 Å². The van der Waals surface area contributed by atoms with Crippen LogP contribution in [0.5, 0.6) is 0 Å². The Bertz CT molecular complexity index is 2040. The molecule has 0 unspecified atom stereocenters. The number of pyridine rings is 8. The summed E-state index contributed by atoms with van der Waals surface area (Å²) in [6.07, 6.45) is 37.3. The van der Waals surface area contributed by atoms with Gasteiger partial charge in [0.15, 0.2) is 0 Å². The van der Waals surface area contributed by atoms with E-state index in [1.165, 1.54) is 0 Å². The zero-order valence-corrected chi connectivity index (χ0v) is 41.1. The minimum atomic E-state index is -4.94. The van der Waals surface area contributed by atoms with Crippen LogP contribution in [0.1, 0.15) is 45.0 Å². The molecule has 1 radical (unpaired) electrons. The second kappa shape index (κ2) is 44.6. The summed E-state index contributed by atoms with van der Waals surface area (Å²) in [6.45, 7) is 0. The van der Waals surface area contributed by atoms with E-state index in [9.17, 15) is 0 Å². The first-order valence-electron chi connectivity index (χ1n) is 19.0. The van der Waals surface area contributed by atoms with Crippen LogP contribution in [0, 0.1) is 20.5 Å². The van der Waals surface area contributed by atoms with Gasteiger partial charge in [0.05, 0.1) is 22.8 Å². The molecule has 0 fully saturated rings.